The van der Waals surface area contributed by atoms with Gasteiger partial charge in [0.05, 0.1) is 27.8 Å². The molecule has 1 aromatic heterocycles. The van der Waals surface area contributed by atoms with Gasteiger partial charge in [0.25, 0.3) is 0 Å². The van der Waals surface area contributed by atoms with E-state index in [1.807, 2.05) is 16.8 Å². The largest absolute Gasteiger partial charge is 0.493 e. The molecule has 2 aromatic rings. The molecule has 1 N–H and O–H groups in total. The quantitative estimate of drug-likeness (QED) is 0.891. The topological polar surface area (TPSA) is 56.8 Å². The van der Waals surface area contributed by atoms with E-state index in [1.165, 1.54) is 21.3 Å². The third-order valence-electron chi connectivity index (χ3n) is 2.89. The predicted molar refractivity (Wildman–Crippen MR) is 82.8 cm³/mol. The highest BCUT2D eigenvalue weighted by Crippen LogP contribution is 2.39. The average Bonchev–Trinajstić information content (AvgIpc) is 2.98. The van der Waals surface area contributed by atoms with Crippen molar-refractivity contribution in [1.29, 1.82) is 0 Å². The molecule has 0 aliphatic carbocycles. The monoisotopic (exact) mass is 307 g/mol. The van der Waals surface area contributed by atoms with Crippen molar-refractivity contribution in [2.75, 3.05) is 26.6 Å². The number of benzene rings is 1. The van der Waals surface area contributed by atoms with Crippen LogP contribution in [-0.2, 0) is 11.2 Å². The van der Waals surface area contributed by atoms with Crippen LogP contribution in [0.5, 0.6) is 17.2 Å². The van der Waals surface area contributed by atoms with E-state index in [9.17, 15) is 4.79 Å². The Morgan fingerprint density at radius 3 is 2.29 bits per heavy atom. The zero-order valence-corrected chi connectivity index (χ0v) is 13.0. The van der Waals surface area contributed by atoms with E-state index in [0.717, 1.165) is 5.56 Å². The van der Waals surface area contributed by atoms with E-state index >= 15 is 0 Å². The summed E-state index contributed by atoms with van der Waals surface area (Å²) in [4.78, 5) is 12.0. The molecular weight excluding hydrogens is 290 g/mol. The second-order valence-corrected chi connectivity index (χ2v) is 5.05. The number of hydrogen-bond acceptors (Lipinski definition) is 5. The Balaban J connectivity index is 2.17. The van der Waals surface area contributed by atoms with Gasteiger partial charge in [-0.15, -0.1) is 0 Å². The molecule has 0 aliphatic rings. The number of thiophene rings is 1. The molecule has 0 radical (unpaired) electrons. The number of nitrogens with one attached hydrogen (secondary N) is 1. The minimum absolute atomic E-state index is 0.0947. The molecule has 0 unspecified atom stereocenters. The van der Waals surface area contributed by atoms with E-state index in [1.54, 1.807) is 23.5 Å². The van der Waals surface area contributed by atoms with Crippen molar-refractivity contribution in [3.63, 3.8) is 0 Å². The normalized spacial score (nSPS) is 10.0. The van der Waals surface area contributed by atoms with Crippen molar-refractivity contribution >= 4 is 22.9 Å². The maximum absolute atomic E-state index is 12.0. The van der Waals surface area contributed by atoms with Crippen molar-refractivity contribution in [2.24, 2.45) is 0 Å². The number of anilines is 1. The van der Waals surface area contributed by atoms with Crippen LogP contribution in [0.1, 0.15) is 5.56 Å². The van der Waals surface area contributed by atoms with Crippen molar-refractivity contribution in [3.05, 3.63) is 34.5 Å². The molecule has 0 aliphatic heterocycles. The average molecular weight is 307 g/mol. The van der Waals surface area contributed by atoms with Gasteiger partial charge in [-0.05, 0) is 22.4 Å². The molecule has 21 heavy (non-hydrogen) atoms. The highest BCUT2D eigenvalue weighted by molar-refractivity contribution is 7.08. The summed E-state index contributed by atoms with van der Waals surface area (Å²) < 4.78 is 15.7. The summed E-state index contributed by atoms with van der Waals surface area (Å²) in [6.45, 7) is 0. The lowest BCUT2D eigenvalue weighted by atomic mass is 10.2. The van der Waals surface area contributed by atoms with E-state index in [4.69, 9.17) is 14.2 Å². The molecule has 0 spiro atoms. The Kier molecular flexibility index (Phi) is 5.05. The Bertz CT molecular complexity index is 585. The Hall–Kier alpha value is -2.21. The number of rotatable bonds is 6. The number of carbonyl (C=O) groups is 1. The van der Waals surface area contributed by atoms with Crippen LogP contribution >= 0.6 is 11.3 Å². The van der Waals surface area contributed by atoms with Crippen LogP contribution in [0.15, 0.2) is 29.0 Å². The Morgan fingerprint density at radius 1 is 1.14 bits per heavy atom. The second kappa shape index (κ2) is 6.99. The first-order chi connectivity index (χ1) is 10.2. The minimum Gasteiger partial charge on any atom is -0.493 e. The molecule has 0 bridgehead atoms. The summed E-state index contributed by atoms with van der Waals surface area (Å²) in [5.41, 5.74) is 1.59. The lowest BCUT2D eigenvalue weighted by Gasteiger charge is -2.14. The Morgan fingerprint density at radius 2 is 1.81 bits per heavy atom. The van der Waals surface area contributed by atoms with E-state index in [-0.39, 0.29) is 5.91 Å². The number of methoxy groups -OCH3 is 3. The highest BCUT2D eigenvalue weighted by atomic mass is 32.1. The van der Waals surface area contributed by atoms with Crippen LogP contribution in [0.25, 0.3) is 0 Å². The van der Waals surface area contributed by atoms with Gasteiger partial charge in [0.15, 0.2) is 11.5 Å². The molecule has 1 amide bonds. The van der Waals surface area contributed by atoms with Crippen LogP contribution in [-0.4, -0.2) is 27.2 Å². The first-order valence-electron chi connectivity index (χ1n) is 6.29. The van der Waals surface area contributed by atoms with Crippen molar-refractivity contribution in [1.82, 2.24) is 0 Å². The maximum Gasteiger partial charge on any atom is 0.228 e. The van der Waals surface area contributed by atoms with E-state index in [2.05, 4.69) is 5.32 Å². The SMILES string of the molecule is COc1cc(NC(=O)Cc2ccsc2)cc(OC)c1OC. The number of carbonyl (C=O) groups excluding carboxylic acids is 1. The fourth-order valence-corrected chi connectivity index (χ4v) is 2.61. The van der Waals surface area contributed by atoms with E-state index in [0.29, 0.717) is 29.4 Å². The number of ether oxygens (including phenoxy) is 3. The van der Waals surface area contributed by atoms with Crippen LogP contribution < -0.4 is 19.5 Å². The lowest BCUT2D eigenvalue weighted by Crippen LogP contribution is -2.14. The molecule has 6 heteroatoms. The predicted octanol–water partition coefficient (Wildman–Crippen LogP) is 2.96. The summed E-state index contributed by atoms with van der Waals surface area (Å²) >= 11 is 1.57. The van der Waals surface area contributed by atoms with Crippen molar-refractivity contribution in [3.8, 4) is 17.2 Å². The maximum atomic E-state index is 12.0. The summed E-state index contributed by atoms with van der Waals surface area (Å²) in [5.74, 6) is 1.41. The van der Waals surface area contributed by atoms with Crippen LogP contribution in [0.4, 0.5) is 5.69 Å². The Labute approximate surface area is 127 Å². The van der Waals surface area contributed by atoms with Gasteiger partial charge in [-0.2, -0.15) is 11.3 Å². The molecule has 112 valence electrons. The molecule has 0 saturated heterocycles. The number of hydrogen-bond donors (Lipinski definition) is 1. The third-order valence-corrected chi connectivity index (χ3v) is 3.63. The van der Waals surface area contributed by atoms with Crippen LogP contribution in [0, 0.1) is 0 Å². The fourth-order valence-electron chi connectivity index (χ4n) is 1.94. The van der Waals surface area contributed by atoms with Gasteiger partial charge in [-0.3, -0.25) is 4.79 Å². The van der Waals surface area contributed by atoms with Crippen molar-refractivity contribution in [2.45, 2.75) is 6.42 Å². The number of amides is 1. The fraction of sp³-hybridized carbons (Fsp3) is 0.267. The van der Waals surface area contributed by atoms with Gasteiger partial charge in [0.2, 0.25) is 11.7 Å². The van der Waals surface area contributed by atoms with Gasteiger partial charge < -0.3 is 19.5 Å². The van der Waals surface area contributed by atoms with E-state index < -0.39 is 0 Å². The first kappa shape index (κ1) is 15.2. The summed E-state index contributed by atoms with van der Waals surface area (Å²) in [5, 5.41) is 6.73. The van der Waals surface area contributed by atoms with Crippen LogP contribution in [0.2, 0.25) is 0 Å². The zero-order valence-electron chi connectivity index (χ0n) is 12.1. The molecule has 2 rings (SSSR count). The summed E-state index contributed by atoms with van der Waals surface area (Å²) in [6, 6.07) is 5.33. The summed E-state index contributed by atoms with van der Waals surface area (Å²) in [7, 11) is 4.61. The standard InChI is InChI=1S/C15H17NO4S/c1-18-12-7-11(8-13(19-2)15(12)20-3)16-14(17)6-10-4-5-21-9-10/h4-5,7-9H,6H2,1-3H3,(H,16,17). The third kappa shape index (κ3) is 3.66. The smallest absolute Gasteiger partial charge is 0.228 e. The minimum atomic E-state index is -0.0947. The molecule has 0 fully saturated rings. The van der Waals surface area contributed by atoms with Gasteiger partial charge in [0, 0.05) is 17.8 Å². The highest BCUT2D eigenvalue weighted by Gasteiger charge is 2.14. The molecule has 1 heterocycles. The second-order valence-electron chi connectivity index (χ2n) is 4.27. The lowest BCUT2D eigenvalue weighted by molar-refractivity contribution is -0.115. The van der Waals surface area contributed by atoms with Gasteiger partial charge in [-0.1, -0.05) is 0 Å². The van der Waals surface area contributed by atoms with Gasteiger partial charge in [0.1, 0.15) is 0 Å². The first-order valence-corrected chi connectivity index (χ1v) is 7.23. The van der Waals surface area contributed by atoms with Crippen molar-refractivity contribution < 1.29 is 19.0 Å². The van der Waals surface area contributed by atoms with Gasteiger partial charge >= 0.3 is 0 Å². The molecule has 0 atom stereocenters. The zero-order chi connectivity index (χ0) is 15.2. The summed E-state index contributed by atoms with van der Waals surface area (Å²) in [6.07, 6.45) is 0.333. The molecule has 5 nitrogen and oxygen atoms in total. The molecular formula is C15H17NO4S. The molecule has 0 saturated carbocycles. The molecule has 1 aromatic carbocycles. The van der Waals surface area contributed by atoms with Gasteiger partial charge in [-0.25, -0.2) is 0 Å². The van der Waals surface area contributed by atoms with Crippen LogP contribution in [0.3, 0.4) is 0 Å².